The lowest BCUT2D eigenvalue weighted by atomic mass is 10.00. The molecular formula is C22H31N7O. The lowest BCUT2D eigenvalue weighted by molar-refractivity contribution is 0.0616. The van der Waals surface area contributed by atoms with Crippen LogP contribution >= 0.6 is 0 Å². The van der Waals surface area contributed by atoms with Gasteiger partial charge in [0.2, 0.25) is 0 Å². The Balaban J connectivity index is 1.64. The van der Waals surface area contributed by atoms with Crippen molar-refractivity contribution in [3.63, 3.8) is 0 Å². The molecule has 1 unspecified atom stereocenters. The molecule has 3 aromatic rings. The minimum Gasteiger partial charge on any atom is -0.383 e. The summed E-state index contributed by atoms with van der Waals surface area (Å²) in [5.41, 5.74) is 2.05. The molecule has 1 atom stereocenters. The number of nitrogens with one attached hydrogen (secondary N) is 2. The van der Waals surface area contributed by atoms with Gasteiger partial charge in [0, 0.05) is 44.3 Å². The molecule has 0 saturated heterocycles. The van der Waals surface area contributed by atoms with Crippen LogP contribution in [0.15, 0.2) is 54.0 Å². The van der Waals surface area contributed by atoms with Gasteiger partial charge < -0.3 is 20.3 Å². The molecule has 1 aromatic carbocycles. The summed E-state index contributed by atoms with van der Waals surface area (Å²) in [6, 6.07) is 8.41. The molecule has 3 rings (SSSR count). The largest absolute Gasteiger partial charge is 0.383 e. The van der Waals surface area contributed by atoms with Crippen molar-refractivity contribution >= 4 is 5.96 Å². The molecule has 0 saturated carbocycles. The highest BCUT2D eigenvalue weighted by molar-refractivity contribution is 5.79. The molecule has 2 heterocycles. The highest BCUT2D eigenvalue weighted by atomic mass is 16.3. The molecule has 0 bridgehead atoms. The van der Waals surface area contributed by atoms with Gasteiger partial charge in [0.05, 0.1) is 19.3 Å². The van der Waals surface area contributed by atoms with Gasteiger partial charge in [-0.25, -0.2) is 9.98 Å². The van der Waals surface area contributed by atoms with Crippen molar-refractivity contribution in [3.8, 4) is 0 Å². The van der Waals surface area contributed by atoms with Crippen LogP contribution in [0.5, 0.6) is 0 Å². The van der Waals surface area contributed by atoms with Crippen LogP contribution in [-0.2, 0) is 25.7 Å². The first kappa shape index (κ1) is 21.6. The third-order valence-corrected chi connectivity index (χ3v) is 4.96. The maximum absolute atomic E-state index is 10.8. The molecule has 160 valence electrons. The number of hydrogen-bond acceptors (Lipinski definition) is 4. The lowest BCUT2D eigenvalue weighted by Gasteiger charge is -2.23. The molecule has 8 heteroatoms. The van der Waals surface area contributed by atoms with Gasteiger partial charge in [0.1, 0.15) is 11.4 Å². The second kappa shape index (κ2) is 9.58. The lowest BCUT2D eigenvalue weighted by Crippen LogP contribution is -2.44. The van der Waals surface area contributed by atoms with Crippen molar-refractivity contribution in [3.05, 3.63) is 71.6 Å². The summed E-state index contributed by atoms with van der Waals surface area (Å²) in [7, 11) is 1.83. The molecule has 2 aromatic heterocycles. The van der Waals surface area contributed by atoms with Crippen LogP contribution in [-0.4, -0.2) is 43.5 Å². The van der Waals surface area contributed by atoms with Crippen LogP contribution in [0.3, 0.4) is 0 Å². The number of aryl methyl sites for hydroxylation is 2. The van der Waals surface area contributed by atoms with E-state index in [1.54, 1.807) is 17.8 Å². The smallest absolute Gasteiger partial charge is 0.191 e. The molecule has 0 spiro atoms. The second-order valence-corrected chi connectivity index (χ2v) is 7.65. The first-order valence-electron chi connectivity index (χ1n) is 10.2. The molecule has 8 nitrogen and oxygen atoms in total. The number of aliphatic imine (C=N–C) groups is 1. The number of imidazole rings is 1. The van der Waals surface area contributed by atoms with Crippen LogP contribution in [0.1, 0.15) is 36.4 Å². The highest BCUT2D eigenvalue weighted by Crippen LogP contribution is 2.18. The van der Waals surface area contributed by atoms with E-state index in [2.05, 4.69) is 54.5 Å². The van der Waals surface area contributed by atoms with Gasteiger partial charge >= 0.3 is 0 Å². The quantitative estimate of drug-likeness (QED) is 0.391. The number of aliphatic hydroxyl groups is 1. The number of nitrogens with zero attached hydrogens (tertiary/aromatic N) is 5. The van der Waals surface area contributed by atoms with Crippen LogP contribution in [0.4, 0.5) is 0 Å². The van der Waals surface area contributed by atoms with E-state index in [-0.39, 0.29) is 0 Å². The monoisotopic (exact) mass is 409 g/mol. The fraction of sp³-hybridized carbons (Fsp3) is 0.409. The summed E-state index contributed by atoms with van der Waals surface area (Å²) in [5, 5.41) is 21.4. The third-order valence-electron chi connectivity index (χ3n) is 4.96. The van der Waals surface area contributed by atoms with Crippen molar-refractivity contribution in [2.45, 2.75) is 39.5 Å². The van der Waals surface area contributed by atoms with Gasteiger partial charge in [-0.2, -0.15) is 5.10 Å². The van der Waals surface area contributed by atoms with E-state index in [0.29, 0.717) is 19.0 Å². The molecular weight excluding hydrogens is 378 g/mol. The van der Waals surface area contributed by atoms with Gasteiger partial charge in [-0.05, 0) is 31.9 Å². The van der Waals surface area contributed by atoms with Gasteiger partial charge in [-0.1, -0.05) is 24.3 Å². The maximum Gasteiger partial charge on any atom is 0.191 e. The average Bonchev–Trinajstić information content (AvgIpc) is 3.33. The summed E-state index contributed by atoms with van der Waals surface area (Å²) in [5.74, 6) is 1.66. The summed E-state index contributed by atoms with van der Waals surface area (Å²) in [6.07, 6.45) is 7.30. The van der Waals surface area contributed by atoms with Crippen LogP contribution in [0.2, 0.25) is 0 Å². The minimum absolute atomic E-state index is 0.324. The fourth-order valence-corrected chi connectivity index (χ4v) is 3.16. The molecule has 0 amide bonds. The first-order chi connectivity index (χ1) is 14.4. The Bertz CT molecular complexity index is 987. The topological polar surface area (TPSA) is 92.3 Å². The van der Waals surface area contributed by atoms with Gasteiger partial charge in [0.25, 0.3) is 0 Å². The van der Waals surface area contributed by atoms with Gasteiger partial charge in [0.15, 0.2) is 5.96 Å². The molecule has 0 fully saturated rings. The van der Waals surface area contributed by atoms with E-state index in [1.807, 2.05) is 39.5 Å². The van der Waals surface area contributed by atoms with Crippen molar-refractivity contribution < 1.29 is 5.11 Å². The Labute approximate surface area is 177 Å². The van der Waals surface area contributed by atoms with Crippen LogP contribution < -0.4 is 10.6 Å². The zero-order chi connectivity index (χ0) is 21.6. The van der Waals surface area contributed by atoms with Crippen molar-refractivity contribution in [1.82, 2.24) is 30.0 Å². The van der Waals surface area contributed by atoms with E-state index in [0.717, 1.165) is 30.0 Å². The molecule has 0 aliphatic carbocycles. The SMILES string of the molecule is CCNC(=NCc1cccc(Cn2ccnc2C)c1)NCC(C)(O)c1cnn(C)c1. The number of hydrogen-bond donors (Lipinski definition) is 3. The molecule has 0 aliphatic rings. The summed E-state index contributed by atoms with van der Waals surface area (Å²) >= 11 is 0. The van der Waals surface area contributed by atoms with Crippen molar-refractivity contribution in [1.29, 1.82) is 0 Å². The van der Waals surface area contributed by atoms with E-state index in [1.165, 1.54) is 5.56 Å². The van der Waals surface area contributed by atoms with Crippen molar-refractivity contribution in [2.75, 3.05) is 13.1 Å². The Morgan fingerprint density at radius 3 is 2.73 bits per heavy atom. The van der Waals surface area contributed by atoms with Gasteiger partial charge in [-0.3, -0.25) is 4.68 Å². The van der Waals surface area contributed by atoms with E-state index >= 15 is 0 Å². The number of rotatable bonds is 8. The Morgan fingerprint density at radius 1 is 1.27 bits per heavy atom. The maximum atomic E-state index is 10.8. The number of guanidine groups is 1. The van der Waals surface area contributed by atoms with E-state index in [9.17, 15) is 5.11 Å². The van der Waals surface area contributed by atoms with E-state index in [4.69, 9.17) is 0 Å². The predicted molar refractivity (Wildman–Crippen MR) is 118 cm³/mol. The average molecular weight is 410 g/mol. The van der Waals surface area contributed by atoms with Gasteiger partial charge in [-0.15, -0.1) is 0 Å². The van der Waals surface area contributed by atoms with E-state index < -0.39 is 5.60 Å². The van der Waals surface area contributed by atoms with Crippen LogP contribution in [0, 0.1) is 6.92 Å². The predicted octanol–water partition coefficient (Wildman–Crippen LogP) is 1.94. The van der Waals surface area contributed by atoms with Crippen LogP contribution in [0.25, 0.3) is 0 Å². The minimum atomic E-state index is -1.05. The molecule has 30 heavy (non-hydrogen) atoms. The Morgan fingerprint density at radius 2 is 2.07 bits per heavy atom. The molecule has 0 aliphatic heterocycles. The summed E-state index contributed by atoms with van der Waals surface area (Å²) in [4.78, 5) is 8.96. The number of benzene rings is 1. The normalized spacial score (nSPS) is 13.8. The fourth-order valence-electron chi connectivity index (χ4n) is 3.16. The number of aromatic nitrogens is 4. The molecule has 3 N–H and O–H groups in total. The molecule has 0 radical (unpaired) electrons. The zero-order valence-electron chi connectivity index (χ0n) is 18.1. The van der Waals surface area contributed by atoms with Crippen molar-refractivity contribution in [2.24, 2.45) is 12.0 Å². The standard InChI is InChI=1S/C22H31N7O/c1-5-23-21(26-16-22(3,30)20-13-27-28(4)15-20)25-12-18-7-6-8-19(11-18)14-29-10-9-24-17(29)2/h6-11,13,15,30H,5,12,14,16H2,1-4H3,(H2,23,25,26). The summed E-state index contributed by atoms with van der Waals surface area (Å²) in [6.45, 7) is 8.18. The second-order valence-electron chi connectivity index (χ2n) is 7.65. The Kier molecular flexibility index (Phi) is 6.89. The summed E-state index contributed by atoms with van der Waals surface area (Å²) < 4.78 is 3.80. The first-order valence-corrected chi connectivity index (χ1v) is 10.2. The zero-order valence-corrected chi connectivity index (χ0v) is 18.1. The highest BCUT2D eigenvalue weighted by Gasteiger charge is 2.24. The third kappa shape index (κ3) is 5.70. The Hall–Kier alpha value is -3.13.